The summed E-state index contributed by atoms with van der Waals surface area (Å²) in [5.74, 6) is 2.10. The molecule has 0 saturated carbocycles. The molecule has 8 amide bonds. The molecule has 32 nitrogen and oxygen atoms in total. The number of hydrogen-bond donors (Lipinski definition) is 6. The van der Waals surface area contributed by atoms with Crippen molar-refractivity contribution in [1.82, 2.24) is 95.3 Å². The maximum absolute atomic E-state index is 14.5. The fourth-order valence-electron chi connectivity index (χ4n) is 13.9. The molecule has 6 N–H and O–H groups in total. The number of carbonyl (C=O) groups is 6. The third-order valence-corrected chi connectivity index (χ3v) is 19.5. The van der Waals surface area contributed by atoms with E-state index in [1.165, 1.54) is 52.1 Å². The van der Waals surface area contributed by atoms with Crippen LogP contribution in [0.1, 0.15) is 50.5 Å². The zero-order chi connectivity index (χ0) is 80.9. The number of halogens is 1. The van der Waals surface area contributed by atoms with Crippen molar-refractivity contribution in [2.75, 3.05) is 32.7 Å². The molecule has 10 heterocycles. The highest BCUT2D eigenvalue weighted by atomic mass is 35.5. The number of carbonyl (C=O) groups excluding carboxylic acids is 6. The lowest BCUT2D eigenvalue weighted by molar-refractivity contribution is -0.193. The lowest BCUT2D eigenvalue weighted by atomic mass is 9.98. The summed E-state index contributed by atoms with van der Waals surface area (Å²) in [6.07, 6.45) is 22.7. The predicted molar refractivity (Wildman–Crippen MR) is 424 cm³/mol. The van der Waals surface area contributed by atoms with Crippen molar-refractivity contribution in [3.05, 3.63) is 295 Å². The van der Waals surface area contributed by atoms with Gasteiger partial charge in [-0.05, 0) is 81.9 Å². The second kappa shape index (κ2) is 38.0. The van der Waals surface area contributed by atoms with Crippen LogP contribution < -0.4 is 10.6 Å². The average Bonchev–Trinajstić information content (AvgIpc) is 0.980. The monoisotopic (exact) mass is 1580 g/mol. The lowest BCUT2D eigenvalue weighted by Gasteiger charge is -2.55. The van der Waals surface area contributed by atoms with Crippen molar-refractivity contribution in [2.24, 2.45) is 10.3 Å². The molecule has 6 aromatic carbocycles. The van der Waals surface area contributed by atoms with E-state index in [9.17, 15) is 39.0 Å². The summed E-state index contributed by atoms with van der Waals surface area (Å²) in [5, 5.41) is 59.7. The maximum Gasteiger partial charge on any atom is 0.334 e. The van der Waals surface area contributed by atoms with Gasteiger partial charge in [0.05, 0.1) is 75.1 Å². The predicted octanol–water partition coefficient (Wildman–Crippen LogP) is 8.40. The highest BCUT2D eigenvalue weighted by Gasteiger charge is 2.53. The molecular weight excluding hydrogens is 1500 g/mol. The van der Waals surface area contributed by atoms with Gasteiger partial charge in [0, 0.05) is 105 Å². The topological polar surface area (TPSA) is 387 Å². The van der Waals surface area contributed by atoms with Crippen molar-refractivity contribution < 1.29 is 53.9 Å². The van der Waals surface area contributed by atoms with Crippen LogP contribution in [0.4, 0.5) is 9.59 Å². The minimum absolute atomic E-state index is 0.0354. The average molecular weight is 1580 g/mol. The Bertz CT molecular complexity index is 5480. The van der Waals surface area contributed by atoms with Gasteiger partial charge in [0.25, 0.3) is 0 Å². The summed E-state index contributed by atoms with van der Waals surface area (Å²) in [5.41, 5.74) is 8.63. The number of aromatic nitrogens is 9. The van der Waals surface area contributed by atoms with Gasteiger partial charge in [-0.1, -0.05) is 154 Å². The van der Waals surface area contributed by atoms with Crippen LogP contribution in [0.25, 0.3) is 33.2 Å². The molecule has 116 heavy (non-hydrogen) atoms. The van der Waals surface area contributed by atoms with E-state index in [0.717, 1.165) is 55.2 Å². The van der Waals surface area contributed by atoms with E-state index in [2.05, 4.69) is 71.9 Å². The molecule has 4 atom stereocenters. The summed E-state index contributed by atoms with van der Waals surface area (Å²) in [7, 11) is 0. The fraction of sp³-hybridized carbons (Fsp3) is 0.193. The summed E-state index contributed by atoms with van der Waals surface area (Å²) in [6.45, 7) is 0.885. The summed E-state index contributed by atoms with van der Waals surface area (Å²) in [4.78, 5) is 124. The Kier molecular flexibility index (Phi) is 26.0. The Hall–Kier alpha value is -14.7. The summed E-state index contributed by atoms with van der Waals surface area (Å²) < 4.78 is 5.68. The van der Waals surface area contributed by atoms with Crippen LogP contribution in [0.15, 0.2) is 259 Å². The molecular formula is C83H76ClN21O11. The van der Waals surface area contributed by atoms with Gasteiger partial charge in [-0.2, -0.15) is 10.0 Å². The summed E-state index contributed by atoms with van der Waals surface area (Å²) >= 11 is 5.39. The molecule has 0 spiro atoms. The van der Waals surface area contributed by atoms with Gasteiger partial charge in [0.15, 0.2) is 10.9 Å². The molecule has 4 aliphatic heterocycles. The number of fused-ring (bicyclic) bond motifs is 4. The van der Waals surface area contributed by atoms with Crippen LogP contribution >= 0.6 is 11.6 Å². The van der Waals surface area contributed by atoms with Gasteiger partial charge in [-0.15, -0.1) is 6.42 Å². The smallest absolute Gasteiger partial charge is 0.334 e. The molecule has 12 aromatic rings. The molecule has 4 aliphatic rings. The normalized spacial score (nSPS) is 16.9. The zero-order valence-corrected chi connectivity index (χ0v) is 62.8. The Morgan fingerprint density at radius 2 is 1.03 bits per heavy atom. The van der Waals surface area contributed by atoms with Gasteiger partial charge in [-0.25, -0.2) is 19.6 Å². The number of urea groups is 2. The number of oxime groups is 2. The standard InChI is InChI=1S/C39H35N9O5.C34H32N6O4.C5H4ClN3O.C5H5N3O/c49-29-13-11-26(12-14-29)18-35-38(51)45(22-28-8-4-10-32-31(28)9-5-15-41-32)24-36-47(35)37(50)25-46(48(36)39(52)43-20-27-6-2-1-3-7-27)23-30-19-33(44-53-30)34-21-40-16-17-42-34;1-2-18-38-23-32(42)39-30(19-24-13-15-27(41)16-14-24)33(43)37(21-26-10-6-12-29-28(26)11-7-17-35-29)22-31(39)40(38)34(44)36-20-25-8-4-3-5-9-25;6-5(9-10)4-3-7-1-2-8-4;9-8-4-5-3-6-1-2-7-5/h1-17,19,21,35-36,49H,18,20,22-25H2,(H,43,52);1,3-17,30-31,41H,18-23H2,(H,36,44);1-3,10H;1-4,9H/b;;9-5-;8-4+/t35-,36-;30-,31-;;/m00../s1. The maximum atomic E-state index is 14.5. The number of aromatic hydroxyl groups is 2. The van der Waals surface area contributed by atoms with Gasteiger partial charge < -0.3 is 55.4 Å². The number of terminal acetylenes is 1. The van der Waals surface area contributed by atoms with E-state index >= 15 is 0 Å². The number of phenolic OH excluding ortho intramolecular Hbond substituents is 2. The molecule has 586 valence electrons. The number of phenols is 2. The first kappa shape index (κ1) is 79.4. The molecule has 0 aliphatic carbocycles. The van der Waals surface area contributed by atoms with Crippen LogP contribution in [-0.2, 0) is 64.7 Å². The van der Waals surface area contributed by atoms with Crippen molar-refractivity contribution >= 4 is 80.5 Å². The van der Waals surface area contributed by atoms with Crippen LogP contribution in [0.3, 0.4) is 0 Å². The fourth-order valence-corrected chi connectivity index (χ4v) is 14.0. The molecule has 4 fully saturated rings. The molecule has 33 heteroatoms. The first-order valence-electron chi connectivity index (χ1n) is 36.5. The van der Waals surface area contributed by atoms with Crippen molar-refractivity contribution in [1.29, 1.82) is 0 Å². The number of nitrogens with one attached hydrogen (secondary N) is 2. The van der Waals surface area contributed by atoms with Crippen molar-refractivity contribution in [3.63, 3.8) is 0 Å². The molecule has 0 unspecified atom stereocenters. The Labute approximate surface area is 669 Å². The van der Waals surface area contributed by atoms with Crippen LogP contribution in [0, 0.1) is 12.3 Å². The van der Waals surface area contributed by atoms with E-state index in [4.69, 9.17) is 33.0 Å². The van der Waals surface area contributed by atoms with Gasteiger partial charge in [0.1, 0.15) is 58.7 Å². The van der Waals surface area contributed by atoms with Crippen LogP contribution in [-0.4, -0.2) is 210 Å². The Balaban J connectivity index is 0.000000166. The second-order valence-corrected chi connectivity index (χ2v) is 27.1. The highest BCUT2D eigenvalue weighted by Crippen LogP contribution is 2.34. The van der Waals surface area contributed by atoms with Crippen LogP contribution in [0.5, 0.6) is 11.5 Å². The Morgan fingerprint density at radius 3 is 1.51 bits per heavy atom. The minimum atomic E-state index is -0.931. The van der Waals surface area contributed by atoms with Gasteiger partial charge in [0.2, 0.25) is 23.6 Å². The number of pyridine rings is 2. The number of hydrogen-bond acceptors (Lipinski definition) is 24. The highest BCUT2D eigenvalue weighted by molar-refractivity contribution is 6.69. The first-order valence-corrected chi connectivity index (χ1v) is 36.8. The number of piperazine rings is 2. The molecule has 4 saturated heterocycles. The SMILES string of the molecule is C#CCN1CC(=O)N2[C@@H](Cc3ccc(O)cc3)C(=O)N(Cc3cccc4ncccc34)C[C@@H]2N1C(=O)NCc1ccccc1.O/N=C(\Cl)c1cnccn1.O/N=C/c1cnccn1.O=C1[C@H](Cc2ccc(O)cc2)N2C(=O)CN(Cc3cc(-c4cnccn4)no3)N(C(=O)NCc3ccccc3)[C@H]2CN1Cc1cccc2ncccc12. The van der Waals surface area contributed by atoms with Crippen LogP contribution in [0.2, 0.25) is 0 Å². The molecule has 0 bridgehead atoms. The number of hydrazine groups is 2. The van der Waals surface area contributed by atoms with E-state index in [1.54, 1.807) is 116 Å². The minimum Gasteiger partial charge on any atom is -0.508 e. The van der Waals surface area contributed by atoms with E-state index in [0.29, 0.717) is 28.5 Å². The number of nitrogens with zero attached hydrogens (tertiary/aromatic N) is 19. The second-order valence-electron chi connectivity index (χ2n) is 26.7. The number of benzene rings is 6. The van der Waals surface area contributed by atoms with E-state index in [-0.39, 0.29) is 119 Å². The first-order chi connectivity index (χ1) is 56.6. The largest absolute Gasteiger partial charge is 0.508 e. The van der Waals surface area contributed by atoms with Crippen molar-refractivity contribution in [3.8, 4) is 35.2 Å². The zero-order valence-electron chi connectivity index (χ0n) is 62.1. The summed E-state index contributed by atoms with van der Waals surface area (Å²) in [6, 6.07) is 50.4. The van der Waals surface area contributed by atoms with Gasteiger partial charge >= 0.3 is 12.1 Å². The third kappa shape index (κ3) is 19.4. The third-order valence-electron chi connectivity index (χ3n) is 19.2. The number of amides is 8. The molecule has 6 aromatic heterocycles. The number of rotatable bonds is 18. The lowest BCUT2D eigenvalue weighted by Crippen LogP contribution is -2.76. The van der Waals surface area contributed by atoms with E-state index < -0.39 is 36.5 Å². The van der Waals surface area contributed by atoms with Crippen molar-refractivity contribution in [2.45, 2.75) is 70.0 Å². The van der Waals surface area contributed by atoms with Gasteiger partial charge in [-0.3, -0.25) is 59.0 Å². The Morgan fingerprint density at radius 1 is 0.534 bits per heavy atom. The molecule has 0 radical (unpaired) electrons. The van der Waals surface area contributed by atoms with E-state index in [1.807, 2.05) is 121 Å². The molecule has 16 rings (SSSR count). The quantitative estimate of drug-likeness (QED) is 0.0203.